The molecule has 0 unspecified atom stereocenters. The van der Waals surface area contributed by atoms with Gasteiger partial charge >= 0.3 is 0 Å². The van der Waals surface area contributed by atoms with Crippen LogP contribution in [-0.2, 0) is 10.0 Å². The van der Waals surface area contributed by atoms with Crippen LogP contribution in [0.2, 0.25) is 10.0 Å². The molecular formula is C14H14Cl2N2O2S. The number of halogens is 2. The third-order valence-electron chi connectivity index (χ3n) is 2.95. The normalized spacial score (nSPS) is 11.4. The zero-order valence-electron chi connectivity index (χ0n) is 11.4. The van der Waals surface area contributed by atoms with E-state index in [4.69, 9.17) is 28.9 Å². The molecular weight excluding hydrogens is 331 g/mol. The minimum Gasteiger partial charge on any atom is -0.397 e. The van der Waals surface area contributed by atoms with E-state index in [1.54, 1.807) is 25.1 Å². The number of hydrogen-bond donors (Lipinski definition) is 2. The fourth-order valence-corrected chi connectivity index (χ4v) is 3.76. The highest BCUT2D eigenvalue weighted by molar-refractivity contribution is 7.92. The van der Waals surface area contributed by atoms with Crippen molar-refractivity contribution in [2.75, 3.05) is 10.5 Å². The molecule has 0 amide bonds. The molecule has 3 N–H and O–H groups in total. The molecule has 0 aromatic heterocycles. The van der Waals surface area contributed by atoms with Crippen LogP contribution >= 0.6 is 23.2 Å². The van der Waals surface area contributed by atoms with Gasteiger partial charge in [-0.1, -0.05) is 29.3 Å². The van der Waals surface area contributed by atoms with E-state index in [9.17, 15) is 8.42 Å². The summed E-state index contributed by atoms with van der Waals surface area (Å²) in [5, 5.41) is 0.651. The van der Waals surface area contributed by atoms with Gasteiger partial charge in [0.1, 0.15) is 0 Å². The molecule has 0 atom stereocenters. The smallest absolute Gasteiger partial charge is 0.262 e. The van der Waals surface area contributed by atoms with Crippen molar-refractivity contribution < 1.29 is 8.42 Å². The second-order valence-corrected chi connectivity index (χ2v) is 7.19. The number of nitrogen functional groups attached to an aromatic ring is 1. The second kappa shape index (κ2) is 5.75. The van der Waals surface area contributed by atoms with Crippen LogP contribution in [0.5, 0.6) is 0 Å². The second-order valence-electron chi connectivity index (χ2n) is 4.73. The largest absolute Gasteiger partial charge is 0.397 e. The average Bonchev–Trinajstić information content (AvgIpc) is 2.37. The SMILES string of the molecule is Cc1ccc(NS(=O)(=O)c2cc(N)c(Cl)cc2C)c(Cl)c1. The Labute approximate surface area is 133 Å². The van der Waals surface area contributed by atoms with Crippen LogP contribution in [0.25, 0.3) is 0 Å². The Balaban J connectivity index is 2.46. The number of aryl methyl sites for hydroxylation is 2. The molecule has 0 spiro atoms. The van der Waals surface area contributed by atoms with E-state index in [0.29, 0.717) is 21.3 Å². The van der Waals surface area contributed by atoms with Gasteiger partial charge in [0.2, 0.25) is 0 Å². The summed E-state index contributed by atoms with van der Waals surface area (Å²) in [6.45, 7) is 3.52. The first-order valence-corrected chi connectivity index (χ1v) is 8.29. The van der Waals surface area contributed by atoms with Gasteiger partial charge in [-0.3, -0.25) is 4.72 Å². The monoisotopic (exact) mass is 344 g/mol. The van der Waals surface area contributed by atoms with Gasteiger partial charge in [0.05, 0.1) is 26.3 Å². The van der Waals surface area contributed by atoms with Gasteiger partial charge in [-0.05, 0) is 49.2 Å². The van der Waals surface area contributed by atoms with Crippen molar-refractivity contribution in [1.29, 1.82) is 0 Å². The highest BCUT2D eigenvalue weighted by atomic mass is 35.5. The van der Waals surface area contributed by atoms with Gasteiger partial charge in [0.25, 0.3) is 10.0 Å². The maximum Gasteiger partial charge on any atom is 0.262 e. The fraction of sp³-hybridized carbons (Fsp3) is 0.143. The molecule has 7 heteroatoms. The van der Waals surface area contributed by atoms with E-state index in [0.717, 1.165) is 5.56 Å². The van der Waals surface area contributed by atoms with Crippen LogP contribution < -0.4 is 10.5 Å². The molecule has 2 aromatic rings. The van der Waals surface area contributed by atoms with Crippen molar-refractivity contribution in [3.8, 4) is 0 Å². The third kappa shape index (κ3) is 3.43. The summed E-state index contributed by atoms with van der Waals surface area (Å²) in [5.74, 6) is 0. The Hall–Kier alpha value is -1.43. The van der Waals surface area contributed by atoms with Crippen LogP contribution in [0.4, 0.5) is 11.4 Å². The predicted molar refractivity (Wildman–Crippen MR) is 87.6 cm³/mol. The van der Waals surface area contributed by atoms with Gasteiger partial charge in [-0.2, -0.15) is 0 Å². The molecule has 0 saturated carbocycles. The van der Waals surface area contributed by atoms with Crippen molar-refractivity contribution in [1.82, 2.24) is 0 Å². The van der Waals surface area contributed by atoms with E-state index in [-0.39, 0.29) is 10.6 Å². The summed E-state index contributed by atoms with van der Waals surface area (Å²) < 4.78 is 27.4. The summed E-state index contributed by atoms with van der Waals surface area (Å²) in [4.78, 5) is 0.0704. The zero-order chi connectivity index (χ0) is 15.8. The Morgan fingerprint density at radius 1 is 1.05 bits per heavy atom. The lowest BCUT2D eigenvalue weighted by atomic mass is 10.2. The van der Waals surface area contributed by atoms with E-state index in [1.807, 2.05) is 6.92 Å². The zero-order valence-corrected chi connectivity index (χ0v) is 13.8. The van der Waals surface area contributed by atoms with Crippen LogP contribution in [-0.4, -0.2) is 8.42 Å². The lowest BCUT2D eigenvalue weighted by Gasteiger charge is -2.13. The van der Waals surface area contributed by atoms with Gasteiger partial charge in [0.15, 0.2) is 0 Å². The molecule has 0 saturated heterocycles. The fourth-order valence-electron chi connectivity index (χ4n) is 1.86. The lowest BCUT2D eigenvalue weighted by Crippen LogP contribution is -2.15. The molecule has 2 rings (SSSR count). The maximum absolute atomic E-state index is 12.5. The molecule has 112 valence electrons. The quantitative estimate of drug-likeness (QED) is 0.826. The van der Waals surface area contributed by atoms with Crippen LogP contribution in [0.3, 0.4) is 0 Å². The topological polar surface area (TPSA) is 72.2 Å². The highest BCUT2D eigenvalue weighted by Crippen LogP contribution is 2.29. The Morgan fingerprint density at radius 2 is 1.71 bits per heavy atom. The number of nitrogens with one attached hydrogen (secondary N) is 1. The van der Waals surface area contributed by atoms with Gasteiger partial charge in [0, 0.05) is 0 Å². The van der Waals surface area contributed by atoms with Crippen molar-refractivity contribution in [2.24, 2.45) is 0 Å². The Bertz CT molecular complexity index is 805. The van der Waals surface area contributed by atoms with Crippen molar-refractivity contribution in [3.05, 3.63) is 51.5 Å². The third-order valence-corrected chi connectivity index (χ3v) is 5.10. The number of hydrogen-bond acceptors (Lipinski definition) is 3. The minimum absolute atomic E-state index is 0.0704. The summed E-state index contributed by atoms with van der Waals surface area (Å²) in [5.41, 5.74) is 7.64. The van der Waals surface area contributed by atoms with Gasteiger partial charge in [-0.15, -0.1) is 0 Å². The lowest BCUT2D eigenvalue weighted by molar-refractivity contribution is 0.600. The molecule has 0 radical (unpaired) electrons. The van der Waals surface area contributed by atoms with E-state index < -0.39 is 10.0 Å². The average molecular weight is 345 g/mol. The van der Waals surface area contributed by atoms with Crippen molar-refractivity contribution in [2.45, 2.75) is 18.7 Å². The van der Waals surface area contributed by atoms with Gasteiger partial charge < -0.3 is 5.73 Å². The Kier molecular flexibility index (Phi) is 4.37. The first-order chi connectivity index (χ1) is 9.70. The Morgan fingerprint density at radius 3 is 2.33 bits per heavy atom. The first kappa shape index (κ1) is 15.9. The summed E-state index contributed by atoms with van der Waals surface area (Å²) in [6.07, 6.45) is 0. The van der Waals surface area contributed by atoms with Crippen LogP contribution in [0.1, 0.15) is 11.1 Å². The minimum atomic E-state index is -3.79. The molecule has 0 heterocycles. The van der Waals surface area contributed by atoms with Crippen LogP contribution in [0.15, 0.2) is 35.2 Å². The number of rotatable bonds is 3. The number of benzene rings is 2. The molecule has 4 nitrogen and oxygen atoms in total. The van der Waals surface area contributed by atoms with E-state index in [1.165, 1.54) is 12.1 Å². The first-order valence-electron chi connectivity index (χ1n) is 6.05. The molecule has 0 fully saturated rings. The predicted octanol–water partition coefficient (Wildman–Crippen LogP) is 3.99. The molecule has 2 aromatic carbocycles. The number of sulfonamides is 1. The van der Waals surface area contributed by atoms with E-state index >= 15 is 0 Å². The molecule has 0 aliphatic carbocycles. The summed E-state index contributed by atoms with van der Waals surface area (Å²) in [6, 6.07) is 7.92. The van der Waals surface area contributed by atoms with Crippen LogP contribution in [0, 0.1) is 13.8 Å². The highest BCUT2D eigenvalue weighted by Gasteiger charge is 2.19. The van der Waals surface area contributed by atoms with E-state index in [2.05, 4.69) is 4.72 Å². The van der Waals surface area contributed by atoms with Gasteiger partial charge in [-0.25, -0.2) is 8.42 Å². The molecule has 0 aliphatic heterocycles. The summed E-state index contributed by atoms with van der Waals surface area (Å²) in [7, 11) is -3.79. The number of anilines is 2. The molecule has 0 aliphatic rings. The van der Waals surface area contributed by atoms with Crippen molar-refractivity contribution in [3.63, 3.8) is 0 Å². The maximum atomic E-state index is 12.5. The standard InChI is InChI=1S/C14H14Cl2N2O2S/c1-8-3-4-13(11(16)5-8)18-21(19,20)14-7-12(17)10(15)6-9(14)2/h3-7,18H,17H2,1-2H3. The number of nitrogens with two attached hydrogens (primary N) is 1. The molecule has 0 bridgehead atoms. The summed E-state index contributed by atoms with van der Waals surface area (Å²) >= 11 is 11.9. The molecule has 21 heavy (non-hydrogen) atoms. The van der Waals surface area contributed by atoms with Crippen molar-refractivity contribution >= 4 is 44.6 Å².